The fourth-order valence-corrected chi connectivity index (χ4v) is 1.64. The van der Waals surface area contributed by atoms with Crippen molar-refractivity contribution in [1.29, 1.82) is 0 Å². The molecule has 2 heterocycles. The van der Waals surface area contributed by atoms with Gasteiger partial charge in [0.25, 0.3) is 0 Å². The van der Waals surface area contributed by atoms with Crippen LogP contribution >= 0.6 is 0 Å². The van der Waals surface area contributed by atoms with Crippen LogP contribution in [0.3, 0.4) is 0 Å². The van der Waals surface area contributed by atoms with Crippen LogP contribution in [0.5, 0.6) is 0 Å². The largest absolute Gasteiger partial charge is 0.253 e. The predicted octanol–water partition coefficient (Wildman–Crippen LogP) is 2.73. The highest BCUT2D eigenvalue weighted by atomic mass is 15.6. The lowest BCUT2D eigenvalue weighted by Crippen LogP contribution is -1.99. The molecule has 0 atom stereocenters. The normalized spacial score (nSPS) is 9.38. The van der Waals surface area contributed by atoms with E-state index in [0.717, 1.165) is 11.3 Å². The molecule has 0 aliphatic rings. The zero-order chi connectivity index (χ0) is 15.1. The molecular weight excluding hydrogens is 262 g/mol. The molecule has 0 bridgehead atoms. The van der Waals surface area contributed by atoms with Crippen LogP contribution in [0.1, 0.15) is 19.4 Å². The molecule has 0 unspecified atom stereocenters. The molecule has 0 spiro atoms. The number of hydrogen-bond acceptors (Lipinski definition) is 4. The van der Waals surface area contributed by atoms with E-state index in [1.807, 2.05) is 56.3 Å². The Kier molecular flexibility index (Phi) is 4.78. The van der Waals surface area contributed by atoms with Gasteiger partial charge in [-0.15, -0.1) is 21.4 Å². The van der Waals surface area contributed by atoms with E-state index in [2.05, 4.69) is 26.3 Å². The second-order valence-corrected chi connectivity index (χ2v) is 3.81. The van der Waals surface area contributed by atoms with Gasteiger partial charge in [-0.3, -0.25) is 4.98 Å². The Bertz CT molecular complexity index is 741. The highest BCUT2D eigenvalue weighted by Gasteiger charge is 2.07. The highest BCUT2D eigenvalue weighted by molar-refractivity contribution is 5.47. The number of nitrogens with zero attached hydrogens (tertiary/aromatic N) is 5. The maximum absolute atomic E-state index is 5.37. The zero-order valence-corrected chi connectivity index (χ0v) is 11.9. The van der Waals surface area contributed by atoms with Gasteiger partial charge in [-0.05, 0) is 35.5 Å². The van der Waals surface area contributed by atoms with Crippen LogP contribution in [-0.2, 0) is 0 Å². The number of rotatable bonds is 2. The van der Waals surface area contributed by atoms with Crippen LogP contribution in [0.15, 0.2) is 48.7 Å². The van der Waals surface area contributed by atoms with Gasteiger partial charge in [-0.2, -0.15) is 0 Å². The van der Waals surface area contributed by atoms with Gasteiger partial charge in [0.05, 0.1) is 5.69 Å². The van der Waals surface area contributed by atoms with Crippen molar-refractivity contribution >= 4 is 0 Å². The number of pyridine rings is 1. The van der Waals surface area contributed by atoms with Gasteiger partial charge in [0.1, 0.15) is 5.69 Å². The quantitative estimate of drug-likeness (QED) is 0.676. The molecule has 5 heteroatoms. The van der Waals surface area contributed by atoms with Crippen molar-refractivity contribution < 1.29 is 0 Å². The topological polar surface area (TPSA) is 56.5 Å². The maximum Gasteiger partial charge on any atom is 0.223 e. The van der Waals surface area contributed by atoms with Crippen molar-refractivity contribution in [3.05, 3.63) is 54.2 Å². The smallest absolute Gasteiger partial charge is 0.223 e. The average Bonchev–Trinajstić information content (AvgIpc) is 3.08. The molecule has 2 aromatic heterocycles. The molecule has 3 aromatic rings. The maximum atomic E-state index is 5.37. The second kappa shape index (κ2) is 6.96. The SMILES string of the molecule is C#Cc1cccc(-n2nnc(-c3ccccn3)n2)c1.CC. The van der Waals surface area contributed by atoms with E-state index >= 15 is 0 Å². The first-order valence-corrected chi connectivity index (χ1v) is 6.65. The van der Waals surface area contributed by atoms with Crippen LogP contribution in [0.4, 0.5) is 0 Å². The lowest BCUT2D eigenvalue weighted by Gasteiger charge is -1.98. The molecule has 0 saturated heterocycles. The third kappa shape index (κ3) is 3.31. The van der Waals surface area contributed by atoms with Gasteiger partial charge in [0, 0.05) is 11.8 Å². The van der Waals surface area contributed by atoms with Crippen molar-refractivity contribution in [3.8, 4) is 29.5 Å². The second-order valence-electron chi connectivity index (χ2n) is 3.81. The van der Waals surface area contributed by atoms with Crippen molar-refractivity contribution in [1.82, 2.24) is 25.2 Å². The Morgan fingerprint density at radius 2 is 1.95 bits per heavy atom. The lowest BCUT2D eigenvalue weighted by molar-refractivity contribution is 0.720. The van der Waals surface area contributed by atoms with E-state index in [0.29, 0.717) is 11.5 Å². The van der Waals surface area contributed by atoms with E-state index in [1.165, 1.54) is 4.80 Å². The van der Waals surface area contributed by atoms with Crippen LogP contribution in [0.2, 0.25) is 0 Å². The van der Waals surface area contributed by atoms with Gasteiger partial charge >= 0.3 is 0 Å². The summed E-state index contributed by atoms with van der Waals surface area (Å²) in [7, 11) is 0. The molecule has 0 aliphatic heterocycles. The molecule has 0 radical (unpaired) electrons. The van der Waals surface area contributed by atoms with Gasteiger partial charge in [-0.1, -0.05) is 31.9 Å². The molecule has 5 nitrogen and oxygen atoms in total. The Labute approximate surface area is 123 Å². The summed E-state index contributed by atoms with van der Waals surface area (Å²) in [6.07, 6.45) is 7.06. The van der Waals surface area contributed by atoms with Crippen LogP contribution in [0, 0.1) is 12.3 Å². The van der Waals surface area contributed by atoms with Crippen molar-refractivity contribution in [2.45, 2.75) is 13.8 Å². The third-order valence-electron chi connectivity index (χ3n) is 2.55. The summed E-state index contributed by atoms with van der Waals surface area (Å²) >= 11 is 0. The molecule has 0 fully saturated rings. The Morgan fingerprint density at radius 1 is 1.10 bits per heavy atom. The number of terminal acetylenes is 1. The number of hydrogen-bond donors (Lipinski definition) is 0. The third-order valence-corrected chi connectivity index (χ3v) is 2.55. The van der Waals surface area contributed by atoms with Crippen molar-refractivity contribution in [2.24, 2.45) is 0 Å². The first-order chi connectivity index (χ1) is 10.4. The molecule has 0 saturated carbocycles. The summed E-state index contributed by atoms with van der Waals surface area (Å²) in [4.78, 5) is 5.61. The first-order valence-electron chi connectivity index (χ1n) is 6.65. The van der Waals surface area contributed by atoms with E-state index < -0.39 is 0 Å². The molecule has 0 N–H and O–H groups in total. The standard InChI is InChI=1S/C14H9N5.C2H6/c1-2-11-6-5-7-12(10-11)19-17-14(16-18-19)13-8-3-4-9-15-13;1-2/h1,3-10H;1-2H3. The average molecular weight is 277 g/mol. The fourth-order valence-electron chi connectivity index (χ4n) is 1.64. The summed E-state index contributed by atoms with van der Waals surface area (Å²) in [5.41, 5.74) is 2.22. The lowest BCUT2D eigenvalue weighted by atomic mass is 10.2. The van der Waals surface area contributed by atoms with Crippen molar-refractivity contribution in [2.75, 3.05) is 0 Å². The highest BCUT2D eigenvalue weighted by Crippen LogP contribution is 2.12. The van der Waals surface area contributed by atoms with Crippen LogP contribution in [0.25, 0.3) is 17.2 Å². The van der Waals surface area contributed by atoms with Gasteiger partial charge in [0.2, 0.25) is 5.82 Å². The summed E-state index contributed by atoms with van der Waals surface area (Å²) in [5, 5.41) is 12.3. The summed E-state index contributed by atoms with van der Waals surface area (Å²) in [6.45, 7) is 4.00. The monoisotopic (exact) mass is 277 g/mol. The Hall–Kier alpha value is -3.00. The first kappa shape index (κ1) is 14.4. The summed E-state index contributed by atoms with van der Waals surface area (Å²) in [5.74, 6) is 3.05. The van der Waals surface area contributed by atoms with Crippen LogP contribution in [-0.4, -0.2) is 25.2 Å². The van der Waals surface area contributed by atoms with Gasteiger partial charge in [-0.25, -0.2) is 0 Å². The fraction of sp³-hybridized carbons (Fsp3) is 0.125. The molecule has 0 amide bonds. The number of benzene rings is 1. The minimum absolute atomic E-state index is 0.478. The Morgan fingerprint density at radius 3 is 2.67 bits per heavy atom. The minimum atomic E-state index is 0.478. The van der Waals surface area contributed by atoms with E-state index in [4.69, 9.17) is 6.42 Å². The molecule has 21 heavy (non-hydrogen) atoms. The van der Waals surface area contributed by atoms with Gasteiger partial charge in [0.15, 0.2) is 0 Å². The molecular formula is C16H15N5. The number of tetrazole rings is 1. The Balaban J connectivity index is 0.000000774. The van der Waals surface area contributed by atoms with E-state index in [9.17, 15) is 0 Å². The predicted molar refractivity (Wildman–Crippen MR) is 81.7 cm³/mol. The number of aromatic nitrogens is 5. The zero-order valence-electron chi connectivity index (χ0n) is 11.9. The van der Waals surface area contributed by atoms with E-state index in [1.54, 1.807) is 6.20 Å². The molecule has 0 aliphatic carbocycles. The minimum Gasteiger partial charge on any atom is -0.253 e. The van der Waals surface area contributed by atoms with E-state index in [-0.39, 0.29) is 0 Å². The molecule has 3 rings (SSSR count). The molecule has 104 valence electrons. The summed E-state index contributed by atoms with van der Waals surface area (Å²) in [6, 6.07) is 12.9. The van der Waals surface area contributed by atoms with Gasteiger partial charge < -0.3 is 0 Å². The van der Waals surface area contributed by atoms with Crippen molar-refractivity contribution in [3.63, 3.8) is 0 Å². The molecule has 1 aromatic carbocycles. The summed E-state index contributed by atoms with van der Waals surface area (Å²) < 4.78 is 0. The van der Waals surface area contributed by atoms with Crippen LogP contribution < -0.4 is 0 Å².